The van der Waals surface area contributed by atoms with E-state index in [0.717, 1.165) is 35.1 Å². The van der Waals surface area contributed by atoms with Crippen LogP contribution in [0.25, 0.3) is 0 Å². The van der Waals surface area contributed by atoms with Gasteiger partial charge in [-0.05, 0) is 62.8 Å². The largest absolute Gasteiger partial charge is 0.457 e. The van der Waals surface area contributed by atoms with E-state index in [4.69, 9.17) is 10.5 Å². The van der Waals surface area contributed by atoms with E-state index < -0.39 is 6.03 Å². The van der Waals surface area contributed by atoms with Gasteiger partial charge in [-0.1, -0.05) is 12.5 Å². The van der Waals surface area contributed by atoms with Gasteiger partial charge >= 0.3 is 12.0 Å². The molecule has 0 aliphatic carbocycles. The number of ether oxygens (including phenoxy) is 1. The van der Waals surface area contributed by atoms with Crippen molar-refractivity contribution in [1.82, 2.24) is 5.32 Å². The van der Waals surface area contributed by atoms with Crippen LogP contribution in [0.5, 0.6) is 0 Å². The van der Waals surface area contributed by atoms with Crippen LogP contribution in [0.2, 0.25) is 0 Å². The highest BCUT2D eigenvalue weighted by molar-refractivity contribution is 6.00. The monoisotopic (exact) mass is 348 g/mol. The second-order valence-electron chi connectivity index (χ2n) is 6.32. The van der Waals surface area contributed by atoms with E-state index in [1.54, 1.807) is 0 Å². The van der Waals surface area contributed by atoms with Gasteiger partial charge in [-0.15, -0.1) is 0 Å². The third-order valence-corrected chi connectivity index (χ3v) is 4.36. The van der Waals surface area contributed by atoms with Gasteiger partial charge in [0.2, 0.25) is 5.78 Å². The molecule has 1 aromatic rings. The van der Waals surface area contributed by atoms with E-state index in [9.17, 15) is 14.4 Å². The average Bonchev–Trinajstić information content (AvgIpc) is 2.53. The highest BCUT2D eigenvalue weighted by Crippen LogP contribution is 2.22. The topological polar surface area (TPSA) is 98.5 Å². The molecular formula is C19H28N2O4. The average molecular weight is 348 g/mol. The summed E-state index contributed by atoms with van der Waals surface area (Å²) in [7, 11) is 0. The number of carbonyl (C=O) groups is 3. The summed E-state index contributed by atoms with van der Waals surface area (Å²) < 4.78 is 5.10. The molecule has 6 nitrogen and oxygen atoms in total. The number of aryl methyl sites for hydroxylation is 2. The van der Waals surface area contributed by atoms with Crippen molar-refractivity contribution < 1.29 is 19.1 Å². The van der Waals surface area contributed by atoms with Crippen LogP contribution in [0.3, 0.4) is 0 Å². The van der Waals surface area contributed by atoms with Crippen molar-refractivity contribution in [3.8, 4) is 0 Å². The number of esters is 1. The van der Waals surface area contributed by atoms with E-state index in [1.807, 2.05) is 33.8 Å². The molecule has 0 heterocycles. The van der Waals surface area contributed by atoms with Crippen molar-refractivity contribution >= 4 is 17.8 Å². The Balaban J connectivity index is 2.41. The molecule has 0 atom stereocenters. The predicted molar refractivity (Wildman–Crippen MR) is 96.7 cm³/mol. The van der Waals surface area contributed by atoms with Crippen LogP contribution in [0.15, 0.2) is 6.07 Å². The number of Topliss-reactive ketones (excluding diaryl/α,β-unsaturated/α-hetero) is 1. The smallest absolute Gasteiger partial charge is 0.312 e. The van der Waals surface area contributed by atoms with Gasteiger partial charge in [0.1, 0.15) is 0 Å². The zero-order chi connectivity index (χ0) is 19.0. The quantitative estimate of drug-likeness (QED) is 0.407. The van der Waals surface area contributed by atoms with Gasteiger partial charge in [0, 0.05) is 18.5 Å². The number of carbonyl (C=O) groups excluding carboxylic acids is 3. The van der Waals surface area contributed by atoms with Crippen LogP contribution in [0, 0.1) is 27.7 Å². The summed E-state index contributed by atoms with van der Waals surface area (Å²) in [6.07, 6.45) is 2.43. The summed E-state index contributed by atoms with van der Waals surface area (Å²) >= 11 is 0. The number of ketones is 1. The number of hydrogen-bond acceptors (Lipinski definition) is 4. The zero-order valence-corrected chi connectivity index (χ0v) is 15.5. The number of amides is 2. The Bertz CT molecular complexity index is 653. The number of hydrogen-bond donors (Lipinski definition) is 2. The van der Waals surface area contributed by atoms with Crippen molar-refractivity contribution in [1.29, 1.82) is 0 Å². The minimum Gasteiger partial charge on any atom is -0.457 e. The van der Waals surface area contributed by atoms with Gasteiger partial charge in [-0.25, -0.2) is 4.79 Å². The Hall–Kier alpha value is -2.37. The van der Waals surface area contributed by atoms with Crippen LogP contribution in [-0.4, -0.2) is 30.9 Å². The standard InChI is InChI=1S/C19H28N2O4/c1-12-10-13(2)18(15(4)14(12)3)16(22)11-25-17(23)8-6-5-7-9-21-19(20)24/h10H,5-9,11H2,1-4H3,(H3,20,21,24). The zero-order valence-electron chi connectivity index (χ0n) is 15.5. The molecule has 3 N–H and O–H groups in total. The maximum atomic E-state index is 12.4. The summed E-state index contributed by atoms with van der Waals surface area (Å²) in [5.41, 5.74) is 9.69. The van der Waals surface area contributed by atoms with Crippen LogP contribution in [0.4, 0.5) is 4.79 Å². The van der Waals surface area contributed by atoms with Crippen molar-refractivity contribution in [3.05, 3.63) is 33.9 Å². The van der Waals surface area contributed by atoms with E-state index in [1.165, 1.54) is 0 Å². The number of rotatable bonds is 9. The lowest BCUT2D eigenvalue weighted by Gasteiger charge is -2.14. The molecule has 1 aromatic carbocycles. The molecule has 0 aromatic heterocycles. The molecule has 0 spiro atoms. The molecule has 1 rings (SSSR count). The molecular weight excluding hydrogens is 320 g/mol. The lowest BCUT2D eigenvalue weighted by atomic mass is 9.92. The second-order valence-corrected chi connectivity index (χ2v) is 6.32. The van der Waals surface area contributed by atoms with E-state index in [0.29, 0.717) is 18.5 Å². The summed E-state index contributed by atoms with van der Waals surface area (Å²) in [5, 5.41) is 2.49. The number of nitrogens with one attached hydrogen (secondary N) is 1. The highest BCUT2D eigenvalue weighted by atomic mass is 16.5. The van der Waals surface area contributed by atoms with Gasteiger partial charge in [-0.2, -0.15) is 0 Å². The maximum Gasteiger partial charge on any atom is 0.312 e. The summed E-state index contributed by atoms with van der Waals surface area (Å²) in [4.78, 5) is 34.6. The fourth-order valence-corrected chi connectivity index (χ4v) is 2.79. The van der Waals surface area contributed by atoms with E-state index in [2.05, 4.69) is 5.32 Å². The van der Waals surface area contributed by atoms with Crippen molar-refractivity contribution in [3.63, 3.8) is 0 Å². The number of urea groups is 1. The number of primary amides is 1. The van der Waals surface area contributed by atoms with Crippen molar-refractivity contribution in [2.75, 3.05) is 13.2 Å². The Morgan fingerprint density at radius 2 is 1.68 bits per heavy atom. The van der Waals surface area contributed by atoms with Crippen molar-refractivity contribution in [2.24, 2.45) is 5.73 Å². The molecule has 0 radical (unpaired) electrons. The molecule has 0 unspecified atom stereocenters. The maximum absolute atomic E-state index is 12.4. The van der Waals surface area contributed by atoms with Crippen LogP contribution < -0.4 is 11.1 Å². The van der Waals surface area contributed by atoms with Gasteiger partial charge < -0.3 is 15.8 Å². The molecule has 0 aliphatic heterocycles. The lowest BCUT2D eigenvalue weighted by Crippen LogP contribution is -2.29. The Labute approximate surface area is 149 Å². The minimum atomic E-state index is -0.546. The first-order valence-corrected chi connectivity index (χ1v) is 8.53. The third kappa shape index (κ3) is 6.57. The minimum absolute atomic E-state index is 0.169. The molecule has 2 amide bonds. The Kier molecular flexibility index (Phi) is 8.11. The molecule has 0 saturated heterocycles. The number of benzene rings is 1. The Morgan fingerprint density at radius 3 is 2.32 bits per heavy atom. The normalized spacial score (nSPS) is 10.4. The first-order chi connectivity index (χ1) is 11.7. The summed E-state index contributed by atoms with van der Waals surface area (Å²) in [6, 6.07) is 1.44. The Morgan fingerprint density at radius 1 is 1.00 bits per heavy atom. The second kappa shape index (κ2) is 9.81. The van der Waals surface area contributed by atoms with Crippen LogP contribution >= 0.6 is 0 Å². The molecule has 138 valence electrons. The third-order valence-electron chi connectivity index (χ3n) is 4.36. The fourth-order valence-electron chi connectivity index (χ4n) is 2.79. The van der Waals surface area contributed by atoms with Gasteiger partial charge in [0.05, 0.1) is 0 Å². The lowest BCUT2D eigenvalue weighted by molar-refractivity contribution is -0.142. The first-order valence-electron chi connectivity index (χ1n) is 8.53. The van der Waals surface area contributed by atoms with E-state index >= 15 is 0 Å². The number of unbranched alkanes of at least 4 members (excludes halogenated alkanes) is 2. The summed E-state index contributed by atoms with van der Waals surface area (Å²) in [5.74, 6) is -0.549. The number of nitrogens with two attached hydrogens (primary N) is 1. The predicted octanol–water partition coefficient (Wildman–Crippen LogP) is 2.87. The summed E-state index contributed by atoms with van der Waals surface area (Å²) in [6.45, 7) is 8.09. The van der Waals surface area contributed by atoms with Crippen LogP contribution in [-0.2, 0) is 9.53 Å². The van der Waals surface area contributed by atoms with E-state index in [-0.39, 0.29) is 24.8 Å². The fraction of sp³-hybridized carbons (Fsp3) is 0.526. The molecule has 0 fully saturated rings. The molecule has 0 aliphatic rings. The van der Waals surface area contributed by atoms with Crippen molar-refractivity contribution in [2.45, 2.75) is 53.4 Å². The van der Waals surface area contributed by atoms with Gasteiger partial charge in [-0.3, -0.25) is 9.59 Å². The van der Waals surface area contributed by atoms with Gasteiger partial charge in [0.15, 0.2) is 6.61 Å². The van der Waals surface area contributed by atoms with Gasteiger partial charge in [0.25, 0.3) is 0 Å². The molecule has 0 bridgehead atoms. The molecule has 6 heteroatoms. The molecule has 25 heavy (non-hydrogen) atoms. The SMILES string of the molecule is Cc1cc(C)c(C(=O)COC(=O)CCCCCNC(N)=O)c(C)c1C. The highest BCUT2D eigenvalue weighted by Gasteiger charge is 2.17. The van der Waals surface area contributed by atoms with Crippen LogP contribution in [0.1, 0.15) is 58.3 Å². The molecule has 0 saturated carbocycles. The first kappa shape index (κ1) is 20.7.